The van der Waals surface area contributed by atoms with Crippen molar-refractivity contribution in [2.45, 2.75) is 53.0 Å². The first-order chi connectivity index (χ1) is 13.0. The molecule has 1 aliphatic rings. The number of morpholine rings is 1. The van der Waals surface area contributed by atoms with Crippen LogP contribution in [0.25, 0.3) is 0 Å². The lowest BCUT2D eigenvalue weighted by molar-refractivity contribution is 0.0373. The summed E-state index contributed by atoms with van der Waals surface area (Å²) in [5.41, 5.74) is 3.69. The smallest absolute Gasteiger partial charge is 0.191 e. The number of nitrogens with one attached hydrogen (secondary N) is 2. The summed E-state index contributed by atoms with van der Waals surface area (Å²) < 4.78 is 7.36. The highest BCUT2D eigenvalue weighted by Crippen LogP contribution is 2.14. The molecule has 2 heterocycles. The molecule has 154 valence electrons. The Balaban J connectivity index is 1.76. The molecule has 1 unspecified atom stereocenters. The van der Waals surface area contributed by atoms with E-state index in [1.165, 1.54) is 17.7 Å². The van der Waals surface area contributed by atoms with Gasteiger partial charge in [0.05, 0.1) is 18.9 Å². The molecule has 1 saturated heterocycles. The Morgan fingerprint density at radius 3 is 2.63 bits per heavy atom. The van der Waals surface area contributed by atoms with Gasteiger partial charge in [-0.15, -0.1) is 0 Å². The van der Waals surface area contributed by atoms with Gasteiger partial charge in [-0.1, -0.05) is 0 Å². The Labute approximate surface area is 164 Å². The number of aromatic nitrogens is 2. The van der Waals surface area contributed by atoms with Crippen molar-refractivity contribution in [2.24, 2.45) is 12.0 Å². The quantitative estimate of drug-likeness (QED) is 0.388. The van der Waals surface area contributed by atoms with Crippen LogP contribution in [0.1, 0.15) is 43.6 Å². The minimum absolute atomic E-state index is 0.303. The molecule has 0 spiro atoms. The molecule has 1 aromatic heterocycles. The Kier molecular flexibility index (Phi) is 9.07. The first kappa shape index (κ1) is 21.7. The van der Waals surface area contributed by atoms with Gasteiger partial charge < -0.3 is 15.4 Å². The van der Waals surface area contributed by atoms with Crippen molar-refractivity contribution in [3.8, 4) is 0 Å². The predicted octanol–water partition coefficient (Wildman–Crippen LogP) is 1.64. The molecule has 1 aromatic rings. The van der Waals surface area contributed by atoms with Crippen LogP contribution in [-0.2, 0) is 18.2 Å². The zero-order valence-corrected chi connectivity index (χ0v) is 17.8. The van der Waals surface area contributed by atoms with Gasteiger partial charge in [0, 0.05) is 45.0 Å². The lowest BCUT2D eigenvalue weighted by atomic mass is 10.1. The monoisotopic (exact) mass is 378 g/mol. The normalized spacial score (nSPS) is 17.1. The van der Waals surface area contributed by atoms with Gasteiger partial charge >= 0.3 is 0 Å². The van der Waals surface area contributed by atoms with Crippen LogP contribution in [0.5, 0.6) is 0 Å². The standard InChI is InChI=1S/C20H38N6O/c1-6-21-20(22-9-7-8-10-26-11-13-27-14-12-26)23-16(2)15-19-17(3)24-25(5)18(19)4/h16H,6-15H2,1-5H3,(H2,21,22,23). The topological polar surface area (TPSA) is 66.7 Å². The largest absolute Gasteiger partial charge is 0.379 e. The minimum atomic E-state index is 0.303. The van der Waals surface area contributed by atoms with Crippen LogP contribution in [0, 0.1) is 13.8 Å². The molecule has 0 amide bonds. The summed E-state index contributed by atoms with van der Waals surface area (Å²) in [5.74, 6) is 0.913. The fraction of sp³-hybridized carbons (Fsp3) is 0.800. The van der Waals surface area contributed by atoms with Gasteiger partial charge in [-0.3, -0.25) is 14.6 Å². The van der Waals surface area contributed by atoms with Gasteiger partial charge in [-0.25, -0.2) is 0 Å². The van der Waals surface area contributed by atoms with E-state index < -0.39 is 0 Å². The van der Waals surface area contributed by atoms with Crippen molar-refractivity contribution in [1.29, 1.82) is 0 Å². The summed E-state index contributed by atoms with van der Waals surface area (Å²) in [7, 11) is 2.01. The molecular formula is C20H38N6O. The molecule has 7 heteroatoms. The summed E-state index contributed by atoms with van der Waals surface area (Å²) in [6, 6.07) is 0.303. The van der Waals surface area contributed by atoms with Gasteiger partial charge in [0.15, 0.2) is 5.96 Å². The van der Waals surface area contributed by atoms with Crippen LogP contribution in [-0.4, -0.2) is 72.6 Å². The molecular weight excluding hydrogens is 340 g/mol. The van der Waals surface area contributed by atoms with Crippen LogP contribution in [0.3, 0.4) is 0 Å². The van der Waals surface area contributed by atoms with Crippen LogP contribution in [0.4, 0.5) is 0 Å². The molecule has 0 saturated carbocycles. The maximum atomic E-state index is 5.40. The van der Waals surface area contributed by atoms with Crippen LogP contribution >= 0.6 is 0 Å². The second kappa shape index (κ2) is 11.3. The van der Waals surface area contributed by atoms with Crippen molar-refractivity contribution in [3.63, 3.8) is 0 Å². The van der Waals surface area contributed by atoms with Crippen molar-refractivity contribution >= 4 is 5.96 Å². The molecule has 1 atom stereocenters. The maximum absolute atomic E-state index is 5.40. The number of hydrogen-bond donors (Lipinski definition) is 2. The average Bonchev–Trinajstić information content (AvgIpc) is 2.88. The molecule has 1 aliphatic heterocycles. The number of aryl methyl sites for hydroxylation is 2. The summed E-state index contributed by atoms with van der Waals surface area (Å²) in [6.45, 7) is 15.3. The highest BCUT2D eigenvalue weighted by molar-refractivity contribution is 5.80. The fourth-order valence-electron chi connectivity index (χ4n) is 3.49. The van der Waals surface area contributed by atoms with E-state index in [1.54, 1.807) is 0 Å². The highest BCUT2D eigenvalue weighted by atomic mass is 16.5. The molecule has 2 rings (SSSR count). The number of rotatable bonds is 9. The maximum Gasteiger partial charge on any atom is 0.191 e. The first-order valence-electron chi connectivity index (χ1n) is 10.3. The molecule has 0 radical (unpaired) electrons. The van der Waals surface area contributed by atoms with E-state index in [4.69, 9.17) is 9.73 Å². The third-order valence-electron chi connectivity index (χ3n) is 5.15. The lowest BCUT2D eigenvalue weighted by Gasteiger charge is -2.26. The molecule has 1 fully saturated rings. The molecule has 0 aliphatic carbocycles. The third kappa shape index (κ3) is 7.14. The van der Waals surface area contributed by atoms with Crippen molar-refractivity contribution < 1.29 is 4.74 Å². The summed E-state index contributed by atoms with van der Waals surface area (Å²) in [5, 5.41) is 11.4. The van der Waals surface area contributed by atoms with E-state index in [1.807, 2.05) is 11.7 Å². The average molecular weight is 379 g/mol. The zero-order chi connectivity index (χ0) is 19.6. The highest BCUT2D eigenvalue weighted by Gasteiger charge is 2.14. The van der Waals surface area contributed by atoms with Crippen LogP contribution < -0.4 is 10.6 Å². The Morgan fingerprint density at radius 1 is 1.26 bits per heavy atom. The minimum Gasteiger partial charge on any atom is -0.379 e. The molecule has 0 aromatic carbocycles. The van der Waals surface area contributed by atoms with E-state index in [9.17, 15) is 0 Å². The third-order valence-corrected chi connectivity index (χ3v) is 5.15. The van der Waals surface area contributed by atoms with Crippen LogP contribution in [0.2, 0.25) is 0 Å². The van der Waals surface area contributed by atoms with E-state index in [0.717, 1.165) is 70.4 Å². The van der Waals surface area contributed by atoms with E-state index in [2.05, 4.69) is 48.3 Å². The van der Waals surface area contributed by atoms with Crippen molar-refractivity contribution in [1.82, 2.24) is 25.3 Å². The first-order valence-corrected chi connectivity index (χ1v) is 10.3. The van der Waals surface area contributed by atoms with Crippen molar-refractivity contribution in [2.75, 3.05) is 45.9 Å². The van der Waals surface area contributed by atoms with Crippen molar-refractivity contribution in [3.05, 3.63) is 17.0 Å². The van der Waals surface area contributed by atoms with E-state index >= 15 is 0 Å². The number of unbranched alkanes of at least 4 members (excludes halogenated alkanes) is 1. The number of nitrogens with zero attached hydrogens (tertiary/aromatic N) is 4. The Morgan fingerprint density at radius 2 is 2.00 bits per heavy atom. The van der Waals surface area contributed by atoms with Gasteiger partial charge in [-0.05, 0) is 59.1 Å². The second-order valence-corrected chi connectivity index (χ2v) is 7.44. The van der Waals surface area contributed by atoms with Gasteiger partial charge in [0.1, 0.15) is 0 Å². The SMILES string of the molecule is CCNC(=NCCCCN1CCOCC1)NC(C)Cc1c(C)nn(C)c1C. The Hall–Kier alpha value is -1.60. The molecule has 27 heavy (non-hydrogen) atoms. The number of aliphatic imine (C=N–C) groups is 1. The summed E-state index contributed by atoms with van der Waals surface area (Å²) >= 11 is 0. The summed E-state index contributed by atoms with van der Waals surface area (Å²) in [6.07, 6.45) is 3.25. The fourth-order valence-corrected chi connectivity index (χ4v) is 3.49. The predicted molar refractivity (Wildman–Crippen MR) is 111 cm³/mol. The number of guanidine groups is 1. The molecule has 7 nitrogen and oxygen atoms in total. The summed E-state index contributed by atoms with van der Waals surface area (Å²) in [4.78, 5) is 7.24. The number of hydrogen-bond acceptors (Lipinski definition) is 4. The van der Waals surface area contributed by atoms with E-state index in [-0.39, 0.29) is 0 Å². The van der Waals surface area contributed by atoms with Gasteiger partial charge in [0.25, 0.3) is 0 Å². The van der Waals surface area contributed by atoms with E-state index in [0.29, 0.717) is 6.04 Å². The Bertz CT molecular complexity index is 592. The van der Waals surface area contributed by atoms with Crippen LogP contribution in [0.15, 0.2) is 4.99 Å². The molecule has 0 bridgehead atoms. The molecule has 2 N–H and O–H groups in total. The second-order valence-electron chi connectivity index (χ2n) is 7.44. The lowest BCUT2D eigenvalue weighted by Crippen LogP contribution is -2.43. The van der Waals surface area contributed by atoms with Gasteiger partial charge in [0.2, 0.25) is 0 Å². The zero-order valence-electron chi connectivity index (χ0n) is 17.8. The number of ether oxygens (including phenoxy) is 1. The van der Waals surface area contributed by atoms with Gasteiger partial charge in [-0.2, -0.15) is 5.10 Å².